The number of methoxy groups -OCH3 is 1. The number of hydrogen-bond acceptors (Lipinski definition) is 2. The molecule has 0 fully saturated rings. The number of rotatable bonds is 5. The van der Waals surface area contributed by atoms with Crippen molar-refractivity contribution in [3.05, 3.63) is 27.7 Å². The average Bonchev–Trinajstić information content (AvgIpc) is 2.20. The van der Waals surface area contributed by atoms with Gasteiger partial charge in [0.15, 0.2) is 0 Å². The van der Waals surface area contributed by atoms with E-state index in [1.54, 1.807) is 7.11 Å². The Morgan fingerprint density at radius 1 is 1.44 bits per heavy atom. The van der Waals surface area contributed by atoms with E-state index in [2.05, 4.69) is 35.1 Å². The summed E-state index contributed by atoms with van der Waals surface area (Å²) < 4.78 is 6.17. The van der Waals surface area contributed by atoms with Gasteiger partial charge in [-0.05, 0) is 24.1 Å². The topological polar surface area (TPSA) is 21.3 Å². The monoisotopic (exact) mass is 305 g/mol. The molecule has 0 saturated carbocycles. The fraction of sp³-hybridized carbons (Fsp3) is 0.500. The van der Waals surface area contributed by atoms with E-state index in [-0.39, 0.29) is 6.04 Å². The lowest BCUT2D eigenvalue weighted by atomic mass is 10.1. The molecular weight excluding hydrogens is 289 g/mol. The van der Waals surface area contributed by atoms with E-state index in [0.717, 1.165) is 15.2 Å². The minimum atomic E-state index is 0.267. The quantitative estimate of drug-likeness (QED) is 0.881. The Hall–Kier alpha value is -0.250. The lowest BCUT2D eigenvalue weighted by molar-refractivity contribution is 0.171. The molecule has 0 aromatic heterocycles. The molecule has 4 heteroatoms. The SMILES string of the molecule is COCC(Nc1ccc(Br)cc1Cl)C(C)C. The first kappa shape index (κ1) is 13.8. The van der Waals surface area contributed by atoms with E-state index in [0.29, 0.717) is 12.5 Å². The Labute approximate surface area is 110 Å². The molecule has 1 rings (SSSR count). The summed E-state index contributed by atoms with van der Waals surface area (Å²) in [5.41, 5.74) is 0.945. The van der Waals surface area contributed by atoms with Gasteiger partial charge in [-0.2, -0.15) is 0 Å². The first-order valence-electron chi connectivity index (χ1n) is 5.25. The molecule has 0 heterocycles. The van der Waals surface area contributed by atoms with Crippen LogP contribution in [0.5, 0.6) is 0 Å². The van der Waals surface area contributed by atoms with Crippen molar-refractivity contribution in [1.82, 2.24) is 0 Å². The van der Waals surface area contributed by atoms with E-state index < -0.39 is 0 Å². The Kier molecular flexibility index (Phi) is 5.59. The minimum absolute atomic E-state index is 0.267. The van der Waals surface area contributed by atoms with Crippen LogP contribution in [-0.2, 0) is 4.74 Å². The van der Waals surface area contributed by atoms with E-state index in [4.69, 9.17) is 16.3 Å². The van der Waals surface area contributed by atoms with Crippen LogP contribution in [0.3, 0.4) is 0 Å². The van der Waals surface area contributed by atoms with E-state index in [1.165, 1.54) is 0 Å². The highest BCUT2D eigenvalue weighted by atomic mass is 79.9. The van der Waals surface area contributed by atoms with Crippen LogP contribution < -0.4 is 5.32 Å². The number of halogens is 2. The van der Waals surface area contributed by atoms with Crippen LogP contribution >= 0.6 is 27.5 Å². The normalized spacial score (nSPS) is 12.9. The van der Waals surface area contributed by atoms with Gasteiger partial charge >= 0.3 is 0 Å². The zero-order valence-corrected chi connectivity index (χ0v) is 12.1. The molecule has 0 aliphatic heterocycles. The van der Waals surface area contributed by atoms with Gasteiger partial charge in [0, 0.05) is 11.6 Å². The zero-order valence-electron chi connectivity index (χ0n) is 9.76. The molecule has 1 atom stereocenters. The molecule has 0 bridgehead atoms. The standard InChI is InChI=1S/C12H17BrClNO/c1-8(2)12(7-16-3)15-11-5-4-9(13)6-10(11)14/h4-6,8,12,15H,7H2,1-3H3. The number of hydrogen-bond donors (Lipinski definition) is 1. The lowest BCUT2D eigenvalue weighted by Crippen LogP contribution is -2.30. The Balaban J connectivity index is 2.77. The molecule has 1 aromatic rings. The molecule has 0 aliphatic rings. The molecule has 90 valence electrons. The molecule has 0 aliphatic carbocycles. The fourth-order valence-electron chi connectivity index (χ4n) is 1.39. The van der Waals surface area contributed by atoms with Gasteiger partial charge in [0.25, 0.3) is 0 Å². The molecule has 1 unspecified atom stereocenters. The predicted octanol–water partition coefficient (Wildman–Crippen LogP) is 4.19. The van der Waals surface area contributed by atoms with Gasteiger partial charge in [-0.25, -0.2) is 0 Å². The summed E-state index contributed by atoms with van der Waals surface area (Å²) in [6, 6.07) is 6.09. The Morgan fingerprint density at radius 2 is 2.12 bits per heavy atom. The number of benzene rings is 1. The van der Waals surface area contributed by atoms with Crippen molar-refractivity contribution in [2.24, 2.45) is 5.92 Å². The molecule has 2 nitrogen and oxygen atoms in total. The van der Waals surface area contributed by atoms with Crippen molar-refractivity contribution in [2.45, 2.75) is 19.9 Å². The molecular formula is C12H17BrClNO. The largest absolute Gasteiger partial charge is 0.383 e. The van der Waals surface area contributed by atoms with Crippen molar-refractivity contribution >= 4 is 33.2 Å². The maximum atomic E-state index is 6.15. The van der Waals surface area contributed by atoms with Crippen LogP contribution in [0.2, 0.25) is 5.02 Å². The van der Waals surface area contributed by atoms with Crippen LogP contribution in [0.15, 0.2) is 22.7 Å². The second kappa shape index (κ2) is 6.48. The molecule has 0 radical (unpaired) electrons. The maximum Gasteiger partial charge on any atom is 0.0666 e. The highest BCUT2D eigenvalue weighted by Gasteiger charge is 2.14. The van der Waals surface area contributed by atoms with Gasteiger partial charge in [-0.1, -0.05) is 41.4 Å². The molecule has 1 N–H and O–H groups in total. The van der Waals surface area contributed by atoms with Gasteiger partial charge in [0.05, 0.1) is 23.4 Å². The van der Waals surface area contributed by atoms with Gasteiger partial charge < -0.3 is 10.1 Å². The first-order chi connectivity index (χ1) is 7.54. The van der Waals surface area contributed by atoms with Crippen LogP contribution in [0, 0.1) is 5.92 Å². The predicted molar refractivity (Wildman–Crippen MR) is 73.3 cm³/mol. The third kappa shape index (κ3) is 3.96. The Morgan fingerprint density at radius 3 is 2.62 bits per heavy atom. The van der Waals surface area contributed by atoms with Gasteiger partial charge in [-0.15, -0.1) is 0 Å². The highest BCUT2D eigenvalue weighted by molar-refractivity contribution is 9.10. The van der Waals surface area contributed by atoms with Gasteiger partial charge in [-0.3, -0.25) is 0 Å². The first-order valence-corrected chi connectivity index (χ1v) is 6.42. The number of anilines is 1. The second-order valence-corrected chi connectivity index (χ2v) is 5.40. The summed E-state index contributed by atoms with van der Waals surface area (Å²) in [5, 5.41) is 4.12. The minimum Gasteiger partial charge on any atom is -0.383 e. The summed E-state index contributed by atoms with van der Waals surface area (Å²) in [7, 11) is 1.71. The van der Waals surface area contributed by atoms with Gasteiger partial charge in [0.1, 0.15) is 0 Å². The summed E-state index contributed by atoms with van der Waals surface area (Å²) in [4.78, 5) is 0. The van der Waals surface area contributed by atoms with Crippen LogP contribution in [0.4, 0.5) is 5.69 Å². The third-order valence-electron chi connectivity index (χ3n) is 2.42. The summed E-state index contributed by atoms with van der Waals surface area (Å²) in [5.74, 6) is 0.486. The molecule has 0 saturated heterocycles. The maximum absolute atomic E-state index is 6.15. The fourth-order valence-corrected chi connectivity index (χ4v) is 2.11. The van der Waals surface area contributed by atoms with Crippen molar-refractivity contribution < 1.29 is 4.74 Å². The van der Waals surface area contributed by atoms with Crippen LogP contribution in [0.1, 0.15) is 13.8 Å². The lowest BCUT2D eigenvalue weighted by Gasteiger charge is -2.23. The highest BCUT2D eigenvalue weighted by Crippen LogP contribution is 2.27. The van der Waals surface area contributed by atoms with Crippen molar-refractivity contribution in [2.75, 3.05) is 19.0 Å². The zero-order chi connectivity index (χ0) is 12.1. The van der Waals surface area contributed by atoms with Crippen molar-refractivity contribution in [3.8, 4) is 0 Å². The van der Waals surface area contributed by atoms with Crippen LogP contribution in [-0.4, -0.2) is 19.8 Å². The smallest absolute Gasteiger partial charge is 0.0666 e. The summed E-state index contributed by atoms with van der Waals surface area (Å²) in [6.45, 7) is 4.98. The number of ether oxygens (including phenoxy) is 1. The van der Waals surface area contributed by atoms with E-state index in [1.807, 2.05) is 18.2 Å². The average molecular weight is 307 g/mol. The van der Waals surface area contributed by atoms with Crippen LogP contribution in [0.25, 0.3) is 0 Å². The van der Waals surface area contributed by atoms with Gasteiger partial charge in [0.2, 0.25) is 0 Å². The number of nitrogens with one attached hydrogen (secondary N) is 1. The third-order valence-corrected chi connectivity index (χ3v) is 3.23. The molecule has 1 aromatic carbocycles. The second-order valence-electron chi connectivity index (χ2n) is 4.07. The molecule has 0 spiro atoms. The van der Waals surface area contributed by atoms with Crippen molar-refractivity contribution in [3.63, 3.8) is 0 Å². The Bertz CT molecular complexity index is 344. The van der Waals surface area contributed by atoms with E-state index in [9.17, 15) is 0 Å². The van der Waals surface area contributed by atoms with E-state index >= 15 is 0 Å². The molecule has 16 heavy (non-hydrogen) atoms. The molecule has 0 amide bonds. The summed E-state index contributed by atoms with van der Waals surface area (Å²) >= 11 is 9.53. The van der Waals surface area contributed by atoms with Crippen molar-refractivity contribution in [1.29, 1.82) is 0 Å². The summed E-state index contributed by atoms with van der Waals surface area (Å²) in [6.07, 6.45) is 0.